The summed E-state index contributed by atoms with van der Waals surface area (Å²) in [4.78, 5) is 23.7. The van der Waals surface area contributed by atoms with Gasteiger partial charge in [-0.15, -0.1) is 11.3 Å². The molecule has 6 heteroatoms. The minimum atomic E-state index is -0.637. The quantitative estimate of drug-likeness (QED) is 0.796. The minimum Gasteiger partial charge on any atom is -0.390 e. The molecule has 0 aliphatic heterocycles. The van der Waals surface area contributed by atoms with Crippen LogP contribution in [0, 0.1) is 0 Å². The maximum Gasteiger partial charge on any atom is 0.261 e. The van der Waals surface area contributed by atoms with E-state index in [1.807, 2.05) is 24.3 Å². The highest BCUT2D eigenvalue weighted by Crippen LogP contribution is 2.31. The van der Waals surface area contributed by atoms with Crippen molar-refractivity contribution < 1.29 is 14.7 Å². The van der Waals surface area contributed by atoms with Gasteiger partial charge in [0.2, 0.25) is 5.91 Å². The van der Waals surface area contributed by atoms with Crippen molar-refractivity contribution >= 4 is 23.2 Å². The van der Waals surface area contributed by atoms with Crippen LogP contribution < -0.4 is 11.1 Å². The molecule has 108 valence electrons. The van der Waals surface area contributed by atoms with E-state index >= 15 is 0 Å². The molecule has 2 unspecified atom stereocenters. The third-order valence-corrected chi connectivity index (χ3v) is 4.53. The van der Waals surface area contributed by atoms with Crippen LogP contribution in [0.5, 0.6) is 0 Å². The Bertz CT molecular complexity index is 710. The molecule has 1 aliphatic carbocycles. The molecule has 2 aromatic rings. The molecule has 3 rings (SSSR count). The van der Waals surface area contributed by atoms with Gasteiger partial charge >= 0.3 is 0 Å². The number of nitrogens with one attached hydrogen (secondary N) is 1. The van der Waals surface area contributed by atoms with E-state index < -0.39 is 18.1 Å². The lowest BCUT2D eigenvalue weighted by atomic mass is 10.1. The number of carbonyl (C=O) groups is 2. The van der Waals surface area contributed by atoms with Gasteiger partial charge in [-0.05, 0) is 17.2 Å². The summed E-state index contributed by atoms with van der Waals surface area (Å²) in [7, 11) is 0. The van der Waals surface area contributed by atoms with E-state index in [-0.39, 0.29) is 5.91 Å². The SMILES string of the molecule is NC(=O)c1csc(C(=O)NC2c3ccccc3CC2O)c1. The Morgan fingerprint density at radius 2 is 2.10 bits per heavy atom. The van der Waals surface area contributed by atoms with Crippen LogP contribution in [0.2, 0.25) is 0 Å². The fourth-order valence-electron chi connectivity index (χ4n) is 2.54. The van der Waals surface area contributed by atoms with Crippen molar-refractivity contribution in [2.45, 2.75) is 18.6 Å². The number of aliphatic hydroxyl groups excluding tert-OH is 1. The molecule has 0 spiro atoms. The number of thiophene rings is 1. The van der Waals surface area contributed by atoms with Crippen molar-refractivity contribution in [2.75, 3.05) is 0 Å². The molecule has 0 radical (unpaired) electrons. The van der Waals surface area contributed by atoms with Gasteiger partial charge in [-0.3, -0.25) is 9.59 Å². The van der Waals surface area contributed by atoms with Crippen LogP contribution in [0.3, 0.4) is 0 Å². The summed E-state index contributed by atoms with van der Waals surface area (Å²) in [5.74, 6) is -0.871. The lowest BCUT2D eigenvalue weighted by Gasteiger charge is -2.17. The Morgan fingerprint density at radius 1 is 1.33 bits per heavy atom. The third-order valence-electron chi connectivity index (χ3n) is 3.60. The van der Waals surface area contributed by atoms with Crippen molar-refractivity contribution in [3.05, 3.63) is 57.3 Å². The van der Waals surface area contributed by atoms with E-state index in [0.717, 1.165) is 22.5 Å². The Kier molecular flexibility index (Phi) is 3.48. The average Bonchev–Trinajstić information content (AvgIpc) is 3.05. The van der Waals surface area contributed by atoms with Crippen LogP contribution in [0.4, 0.5) is 0 Å². The highest BCUT2D eigenvalue weighted by atomic mass is 32.1. The van der Waals surface area contributed by atoms with Gasteiger partial charge < -0.3 is 16.2 Å². The van der Waals surface area contributed by atoms with E-state index in [4.69, 9.17) is 5.73 Å². The number of fused-ring (bicyclic) bond motifs is 1. The van der Waals surface area contributed by atoms with E-state index in [1.165, 1.54) is 6.07 Å². The van der Waals surface area contributed by atoms with Crippen LogP contribution >= 0.6 is 11.3 Å². The van der Waals surface area contributed by atoms with E-state index in [1.54, 1.807) is 5.38 Å². The first-order valence-electron chi connectivity index (χ1n) is 6.51. The normalized spacial score (nSPS) is 20.0. The molecule has 4 N–H and O–H groups in total. The lowest BCUT2D eigenvalue weighted by molar-refractivity contribution is 0.0862. The highest BCUT2D eigenvalue weighted by Gasteiger charge is 2.32. The molecule has 21 heavy (non-hydrogen) atoms. The predicted octanol–water partition coefficient (Wildman–Crippen LogP) is 1.24. The number of carbonyl (C=O) groups excluding carboxylic acids is 2. The molecule has 1 aromatic heterocycles. The second kappa shape index (κ2) is 5.31. The van der Waals surface area contributed by atoms with E-state index in [2.05, 4.69) is 5.32 Å². The Hall–Kier alpha value is -2.18. The predicted molar refractivity (Wildman–Crippen MR) is 79.2 cm³/mol. The molecule has 2 atom stereocenters. The van der Waals surface area contributed by atoms with Gasteiger partial charge in [-0.25, -0.2) is 0 Å². The highest BCUT2D eigenvalue weighted by molar-refractivity contribution is 7.12. The van der Waals surface area contributed by atoms with Gasteiger partial charge in [0, 0.05) is 11.8 Å². The largest absolute Gasteiger partial charge is 0.390 e. The van der Waals surface area contributed by atoms with Gasteiger partial charge in [-0.1, -0.05) is 24.3 Å². The molecule has 5 nitrogen and oxygen atoms in total. The van der Waals surface area contributed by atoms with Crippen LogP contribution in [0.25, 0.3) is 0 Å². The van der Waals surface area contributed by atoms with Crippen LogP contribution in [0.1, 0.15) is 37.2 Å². The summed E-state index contributed by atoms with van der Waals surface area (Å²) in [6, 6.07) is 8.68. The second-order valence-electron chi connectivity index (χ2n) is 4.99. The number of rotatable bonds is 3. The van der Waals surface area contributed by atoms with E-state index in [9.17, 15) is 14.7 Å². The monoisotopic (exact) mass is 302 g/mol. The smallest absolute Gasteiger partial charge is 0.261 e. The fourth-order valence-corrected chi connectivity index (χ4v) is 3.34. The zero-order valence-corrected chi connectivity index (χ0v) is 11.9. The summed E-state index contributed by atoms with van der Waals surface area (Å²) in [5, 5.41) is 14.5. The van der Waals surface area contributed by atoms with Crippen molar-refractivity contribution in [1.82, 2.24) is 5.32 Å². The van der Waals surface area contributed by atoms with Gasteiger partial charge in [0.15, 0.2) is 0 Å². The Morgan fingerprint density at radius 3 is 2.81 bits per heavy atom. The van der Waals surface area contributed by atoms with Crippen molar-refractivity contribution in [2.24, 2.45) is 5.73 Å². The summed E-state index contributed by atoms with van der Waals surface area (Å²) in [6.45, 7) is 0. The molecule has 1 aliphatic rings. The topological polar surface area (TPSA) is 92.4 Å². The standard InChI is InChI=1S/C15H14N2O3S/c16-14(19)9-6-12(21-7-9)15(20)17-13-10-4-2-1-3-8(10)5-11(13)18/h1-4,6-7,11,13,18H,5H2,(H2,16,19)(H,17,20). The summed E-state index contributed by atoms with van der Waals surface area (Å²) < 4.78 is 0. The molecule has 0 fully saturated rings. The molecule has 0 bridgehead atoms. The number of benzene rings is 1. The van der Waals surface area contributed by atoms with Crippen LogP contribution in [-0.4, -0.2) is 23.0 Å². The van der Waals surface area contributed by atoms with Gasteiger partial charge in [0.1, 0.15) is 0 Å². The first-order chi connectivity index (χ1) is 10.1. The molecular formula is C15H14N2O3S. The van der Waals surface area contributed by atoms with Crippen molar-refractivity contribution in [3.63, 3.8) is 0 Å². The zero-order chi connectivity index (χ0) is 15.0. The minimum absolute atomic E-state index is 0.312. The summed E-state index contributed by atoms with van der Waals surface area (Å²) in [5.41, 5.74) is 7.47. The first kappa shape index (κ1) is 13.8. The maximum absolute atomic E-state index is 12.2. The number of hydrogen-bond acceptors (Lipinski definition) is 4. The maximum atomic E-state index is 12.2. The first-order valence-corrected chi connectivity index (χ1v) is 7.39. The lowest BCUT2D eigenvalue weighted by Crippen LogP contribution is -2.33. The third kappa shape index (κ3) is 2.55. The van der Waals surface area contributed by atoms with Gasteiger partial charge in [0.25, 0.3) is 5.91 Å². The van der Waals surface area contributed by atoms with Crippen LogP contribution in [-0.2, 0) is 6.42 Å². The summed E-state index contributed by atoms with van der Waals surface area (Å²) in [6.07, 6.45) is -0.111. The molecule has 1 aromatic carbocycles. The molecule has 0 saturated heterocycles. The number of hydrogen-bond donors (Lipinski definition) is 3. The Balaban J connectivity index is 1.80. The summed E-state index contributed by atoms with van der Waals surface area (Å²) >= 11 is 1.16. The number of amides is 2. The van der Waals surface area contributed by atoms with Crippen LogP contribution in [0.15, 0.2) is 35.7 Å². The van der Waals surface area contributed by atoms with E-state index in [0.29, 0.717) is 16.9 Å². The molecule has 1 heterocycles. The van der Waals surface area contributed by atoms with Gasteiger partial charge in [-0.2, -0.15) is 0 Å². The second-order valence-corrected chi connectivity index (χ2v) is 5.90. The van der Waals surface area contributed by atoms with Crippen molar-refractivity contribution in [3.8, 4) is 0 Å². The number of nitrogens with two attached hydrogens (primary N) is 1. The zero-order valence-electron chi connectivity index (χ0n) is 11.1. The molecule has 0 saturated carbocycles. The number of primary amides is 1. The van der Waals surface area contributed by atoms with Crippen molar-refractivity contribution in [1.29, 1.82) is 0 Å². The average molecular weight is 302 g/mol. The fraction of sp³-hybridized carbons (Fsp3) is 0.200. The molecular weight excluding hydrogens is 288 g/mol. The molecule has 2 amide bonds. The van der Waals surface area contributed by atoms with Gasteiger partial charge in [0.05, 0.1) is 22.6 Å². The Labute approximate surface area is 125 Å². The number of aliphatic hydroxyl groups is 1.